The van der Waals surface area contributed by atoms with E-state index >= 15 is 0 Å². The van der Waals surface area contributed by atoms with Crippen molar-refractivity contribution < 1.29 is 14.0 Å². The van der Waals surface area contributed by atoms with Crippen LogP contribution in [0.4, 0.5) is 10.1 Å². The molecule has 3 aromatic rings. The van der Waals surface area contributed by atoms with E-state index in [2.05, 4.69) is 11.4 Å². The summed E-state index contributed by atoms with van der Waals surface area (Å²) in [5.74, 6) is 0.743. The molecule has 0 bridgehead atoms. The second-order valence-electron chi connectivity index (χ2n) is 7.94. The zero-order chi connectivity index (χ0) is 22.5. The standard InChI is InChI=1S/C26H25FN2O2S/c1-18-3-2-4-22(13-18)26(31)29-12-11-21-14-20(7-10-24(21)29)15-28-25(30)17-32-16-19-5-8-23(27)9-6-19/h2-10,13-14H,11-12,15-17H2,1H3,(H,28,30). The Hall–Kier alpha value is -3.12. The number of aryl methyl sites for hydroxylation is 1. The van der Waals surface area contributed by atoms with Crippen molar-refractivity contribution in [2.75, 3.05) is 17.2 Å². The van der Waals surface area contributed by atoms with Gasteiger partial charge in [0.1, 0.15) is 5.82 Å². The van der Waals surface area contributed by atoms with Crippen molar-refractivity contribution in [1.29, 1.82) is 0 Å². The molecule has 4 nitrogen and oxygen atoms in total. The molecule has 0 saturated carbocycles. The molecule has 0 fully saturated rings. The third kappa shape index (κ3) is 5.37. The molecule has 0 aliphatic carbocycles. The Bertz CT molecular complexity index is 1130. The lowest BCUT2D eigenvalue weighted by molar-refractivity contribution is -0.118. The van der Waals surface area contributed by atoms with Crippen LogP contribution in [-0.2, 0) is 23.5 Å². The Balaban J connectivity index is 1.29. The van der Waals surface area contributed by atoms with Gasteiger partial charge in [0.25, 0.3) is 5.91 Å². The SMILES string of the molecule is Cc1cccc(C(=O)N2CCc3cc(CNC(=O)CSCc4ccc(F)cc4)ccc32)c1. The zero-order valence-corrected chi connectivity index (χ0v) is 18.8. The number of fused-ring (bicyclic) bond motifs is 1. The van der Waals surface area contributed by atoms with Crippen LogP contribution >= 0.6 is 11.8 Å². The van der Waals surface area contributed by atoms with Crippen molar-refractivity contribution in [2.24, 2.45) is 0 Å². The Kier molecular flexibility index (Phi) is 6.90. The Labute approximate surface area is 191 Å². The fraction of sp³-hybridized carbons (Fsp3) is 0.231. The molecule has 0 saturated heterocycles. The first-order valence-corrected chi connectivity index (χ1v) is 11.7. The van der Waals surface area contributed by atoms with Crippen molar-refractivity contribution in [2.45, 2.75) is 25.6 Å². The van der Waals surface area contributed by atoms with Gasteiger partial charge in [-0.3, -0.25) is 9.59 Å². The molecule has 0 aromatic heterocycles. The lowest BCUT2D eigenvalue weighted by atomic mass is 10.1. The van der Waals surface area contributed by atoms with Gasteiger partial charge in [-0.05, 0) is 60.4 Å². The highest BCUT2D eigenvalue weighted by atomic mass is 32.2. The van der Waals surface area contributed by atoms with Crippen molar-refractivity contribution in [3.8, 4) is 0 Å². The van der Waals surface area contributed by atoms with Crippen LogP contribution in [0, 0.1) is 12.7 Å². The molecule has 32 heavy (non-hydrogen) atoms. The van der Waals surface area contributed by atoms with Crippen LogP contribution in [0.25, 0.3) is 0 Å². The van der Waals surface area contributed by atoms with Gasteiger partial charge in [-0.25, -0.2) is 4.39 Å². The maximum atomic E-state index is 12.9. The minimum absolute atomic E-state index is 0.0201. The molecule has 1 N–H and O–H groups in total. The highest BCUT2D eigenvalue weighted by molar-refractivity contribution is 7.99. The summed E-state index contributed by atoms with van der Waals surface area (Å²) in [4.78, 5) is 26.9. The lowest BCUT2D eigenvalue weighted by Gasteiger charge is -2.18. The van der Waals surface area contributed by atoms with Gasteiger partial charge in [-0.1, -0.05) is 42.0 Å². The number of amides is 2. The summed E-state index contributed by atoms with van der Waals surface area (Å²) >= 11 is 1.50. The van der Waals surface area contributed by atoms with E-state index in [4.69, 9.17) is 0 Å². The number of rotatable bonds is 7. The van der Waals surface area contributed by atoms with E-state index in [-0.39, 0.29) is 17.6 Å². The monoisotopic (exact) mass is 448 g/mol. The van der Waals surface area contributed by atoms with Crippen molar-refractivity contribution >= 4 is 29.3 Å². The van der Waals surface area contributed by atoms with Crippen LogP contribution in [0.5, 0.6) is 0 Å². The summed E-state index contributed by atoms with van der Waals surface area (Å²) in [6.45, 7) is 3.10. The van der Waals surface area contributed by atoms with E-state index in [0.717, 1.165) is 34.4 Å². The van der Waals surface area contributed by atoms with Gasteiger partial charge >= 0.3 is 0 Å². The molecule has 0 unspecified atom stereocenters. The fourth-order valence-corrected chi connectivity index (χ4v) is 4.62. The average molecular weight is 449 g/mol. The van der Waals surface area contributed by atoms with Gasteiger partial charge in [-0.2, -0.15) is 0 Å². The van der Waals surface area contributed by atoms with Gasteiger partial charge in [0, 0.05) is 30.1 Å². The molecule has 0 atom stereocenters. The number of carbonyl (C=O) groups excluding carboxylic acids is 2. The molecule has 3 aromatic carbocycles. The first-order chi connectivity index (χ1) is 15.5. The minimum Gasteiger partial charge on any atom is -0.351 e. The Morgan fingerprint density at radius 3 is 2.59 bits per heavy atom. The zero-order valence-electron chi connectivity index (χ0n) is 17.9. The largest absolute Gasteiger partial charge is 0.351 e. The van der Waals surface area contributed by atoms with Gasteiger partial charge in [0.2, 0.25) is 5.91 Å². The normalized spacial score (nSPS) is 12.5. The number of nitrogens with zero attached hydrogens (tertiary/aromatic N) is 1. The van der Waals surface area contributed by atoms with Crippen molar-refractivity contribution in [3.63, 3.8) is 0 Å². The maximum absolute atomic E-state index is 12.9. The summed E-state index contributed by atoms with van der Waals surface area (Å²) < 4.78 is 12.9. The molecule has 164 valence electrons. The molecule has 1 aliphatic heterocycles. The average Bonchev–Trinajstić information content (AvgIpc) is 3.22. The lowest BCUT2D eigenvalue weighted by Crippen LogP contribution is -2.28. The highest BCUT2D eigenvalue weighted by Crippen LogP contribution is 2.30. The minimum atomic E-state index is -0.256. The number of halogens is 1. The topological polar surface area (TPSA) is 49.4 Å². The highest BCUT2D eigenvalue weighted by Gasteiger charge is 2.25. The number of nitrogens with one attached hydrogen (secondary N) is 1. The van der Waals surface area contributed by atoms with Gasteiger partial charge in [0.05, 0.1) is 5.75 Å². The Morgan fingerprint density at radius 1 is 1.03 bits per heavy atom. The molecule has 0 spiro atoms. The van der Waals surface area contributed by atoms with E-state index in [0.29, 0.717) is 30.2 Å². The van der Waals surface area contributed by atoms with Gasteiger partial charge < -0.3 is 10.2 Å². The van der Waals surface area contributed by atoms with E-state index in [1.54, 1.807) is 12.1 Å². The molecular formula is C26H25FN2O2S. The van der Waals surface area contributed by atoms with Crippen molar-refractivity contribution in [3.05, 3.63) is 100 Å². The fourth-order valence-electron chi connectivity index (χ4n) is 3.80. The van der Waals surface area contributed by atoms with Crippen LogP contribution in [0.15, 0.2) is 66.7 Å². The van der Waals surface area contributed by atoms with Crippen LogP contribution < -0.4 is 10.2 Å². The molecule has 1 heterocycles. The van der Waals surface area contributed by atoms with Crippen LogP contribution in [-0.4, -0.2) is 24.1 Å². The Morgan fingerprint density at radius 2 is 1.81 bits per heavy atom. The first kappa shape index (κ1) is 22.1. The third-order valence-electron chi connectivity index (χ3n) is 5.45. The van der Waals surface area contributed by atoms with E-state index in [1.807, 2.05) is 48.2 Å². The first-order valence-electron chi connectivity index (χ1n) is 10.6. The molecule has 1 aliphatic rings. The van der Waals surface area contributed by atoms with Crippen LogP contribution in [0.2, 0.25) is 0 Å². The number of thioether (sulfide) groups is 1. The van der Waals surface area contributed by atoms with E-state index in [1.165, 1.54) is 23.9 Å². The van der Waals surface area contributed by atoms with E-state index < -0.39 is 0 Å². The van der Waals surface area contributed by atoms with E-state index in [9.17, 15) is 14.0 Å². The van der Waals surface area contributed by atoms with Crippen LogP contribution in [0.3, 0.4) is 0 Å². The predicted molar refractivity (Wildman–Crippen MR) is 127 cm³/mol. The maximum Gasteiger partial charge on any atom is 0.258 e. The number of carbonyl (C=O) groups is 2. The predicted octanol–water partition coefficient (Wildman–Crippen LogP) is 4.89. The summed E-state index contributed by atoms with van der Waals surface area (Å²) in [5, 5.41) is 2.95. The number of hydrogen-bond donors (Lipinski definition) is 1. The van der Waals surface area contributed by atoms with Crippen molar-refractivity contribution in [1.82, 2.24) is 5.32 Å². The van der Waals surface area contributed by atoms with Gasteiger partial charge in [0.15, 0.2) is 0 Å². The second-order valence-corrected chi connectivity index (χ2v) is 8.92. The van der Waals surface area contributed by atoms with Crippen LogP contribution in [0.1, 0.15) is 32.6 Å². The quantitative estimate of drug-likeness (QED) is 0.560. The molecule has 6 heteroatoms. The summed E-state index contributed by atoms with van der Waals surface area (Å²) in [6.07, 6.45) is 0.808. The smallest absolute Gasteiger partial charge is 0.258 e. The molecule has 4 rings (SSSR count). The number of benzene rings is 3. The number of anilines is 1. The summed E-state index contributed by atoms with van der Waals surface area (Å²) in [7, 11) is 0. The number of hydrogen-bond acceptors (Lipinski definition) is 3. The molecule has 2 amide bonds. The van der Waals surface area contributed by atoms with Gasteiger partial charge in [-0.15, -0.1) is 11.8 Å². The second kappa shape index (κ2) is 10.0. The molecular weight excluding hydrogens is 423 g/mol. The third-order valence-corrected chi connectivity index (χ3v) is 6.46. The summed E-state index contributed by atoms with van der Waals surface area (Å²) in [6, 6.07) is 20.0. The molecule has 0 radical (unpaired) electrons. The summed E-state index contributed by atoms with van der Waals surface area (Å²) in [5.41, 5.74) is 5.85.